The number of aryl methyl sites for hydroxylation is 1. The van der Waals surface area contributed by atoms with Crippen molar-refractivity contribution in [2.75, 3.05) is 20.3 Å². The van der Waals surface area contributed by atoms with Crippen molar-refractivity contribution in [3.63, 3.8) is 0 Å². The fourth-order valence-electron chi connectivity index (χ4n) is 2.81. The van der Waals surface area contributed by atoms with Crippen LogP contribution in [0.1, 0.15) is 21.7 Å². The molecule has 3 rings (SSSR count). The largest absolute Gasteiger partial charge is 0.497 e. The average molecular weight is 359 g/mol. The number of carbonyl (C=O) groups is 1. The van der Waals surface area contributed by atoms with Gasteiger partial charge in [0.25, 0.3) is 5.91 Å². The number of hydrogen-bond donors (Lipinski definition) is 2. The molecule has 2 heterocycles. The van der Waals surface area contributed by atoms with Crippen LogP contribution in [0, 0.1) is 12.8 Å². The minimum absolute atomic E-state index is 0.0203. The number of fused-ring (bicyclic) bond motifs is 1. The minimum Gasteiger partial charge on any atom is -0.497 e. The van der Waals surface area contributed by atoms with Gasteiger partial charge in [-0.05, 0) is 47.9 Å². The van der Waals surface area contributed by atoms with E-state index in [1.165, 1.54) is 5.56 Å². The quantitative estimate of drug-likeness (QED) is 0.678. The lowest BCUT2D eigenvalue weighted by Gasteiger charge is -2.14. The maximum absolute atomic E-state index is 12.5. The summed E-state index contributed by atoms with van der Waals surface area (Å²) < 4.78 is 10.9. The van der Waals surface area contributed by atoms with Crippen molar-refractivity contribution in [1.29, 1.82) is 0 Å². The van der Waals surface area contributed by atoms with E-state index in [2.05, 4.69) is 10.7 Å². The van der Waals surface area contributed by atoms with Crippen LogP contribution in [-0.2, 0) is 6.42 Å². The summed E-state index contributed by atoms with van der Waals surface area (Å²) in [4.78, 5) is 12.5. The summed E-state index contributed by atoms with van der Waals surface area (Å²) in [7, 11) is 1.59. The summed E-state index contributed by atoms with van der Waals surface area (Å²) in [6.45, 7) is 2.28. The number of aliphatic hydroxyl groups excluding tert-OH is 1. The highest BCUT2D eigenvalue weighted by Gasteiger charge is 2.19. The molecule has 0 aliphatic carbocycles. The molecule has 0 bridgehead atoms. The summed E-state index contributed by atoms with van der Waals surface area (Å²) in [5.74, 6) is 0.694. The van der Waals surface area contributed by atoms with Crippen LogP contribution < -0.4 is 10.1 Å². The van der Waals surface area contributed by atoms with Gasteiger partial charge in [0.2, 0.25) is 0 Å². The molecule has 0 aliphatic rings. The summed E-state index contributed by atoms with van der Waals surface area (Å²) >= 11 is 1.63. The molecule has 0 saturated carbocycles. The van der Waals surface area contributed by atoms with E-state index < -0.39 is 0 Å². The lowest BCUT2D eigenvalue weighted by atomic mass is 10.0. The number of ether oxygens (including phenoxy) is 1. The highest BCUT2D eigenvalue weighted by atomic mass is 32.1. The zero-order valence-electron chi connectivity index (χ0n) is 14.2. The summed E-state index contributed by atoms with van der Waals surface area (Å²) in [5, 5.41) is 17.4. The number of methoxy groups -OCH3 is 1. The molecule has 1 aromatic carbocycles. The number of aliphatic hydroxyl groups is 1. The van der Waals surface area contributed by atoms with Crippen LogP contribution in [0.5, 0.6) is 5.75 Å². The van der Waals surface area contributed by atoms with Gasteiger partial charge in [-0.25, -0.2) is 0 Å². The smallest absolute Gasteiger partial charge is 0.287 e. The SMILES string of the molecule is COc1ccc2c(C)c(C(=O)NC[C@H](CO)Cc3ccsc3)oc2c1. The first-order chi connectivity index (χ1) is 12.1. The van der Waals surface area contributed by atoms with Gasteiger partial charge >= 0.3 is 0 Å². The number of amides is 1. The number of benzene rings is 1. The Morgan fingerprint density at radius 2 is 2.24 bits per heavy atom. The molecule has 0 radical (unpaired) electrons. The summed E-state index contributed by atoms with van der Waals surface area (Å²) in [6, 6.07) is 7.53. The number of hydrogen-bond acceptors (Lipinski definition) is 5. The van der Waals surface area contributed by atoms with Gasteiger partial charge in [0.05, 0.1) is 7.11 Å². The first-order valence-electron chi connectivity index (χ1n) is 8.09. The average Bonchev–Trinajstić information content (AvgIpc) is 3.25. The lowest BCUT2D eigenvalue weighted by Crippen LogP contribution is -2.31. The third kappa shape index (κ3) is 3.86. The predicted molar refractivity (Wildman–Crippen MR) is 98.4 cm³/mol. The molecular formula is C19H21NO4S. The Morgan fingerprint density at radius 3 is 2.92 bits per heavy atom. The standard InChI is InChI=1S/C19H21NO4S/c1-12-16-4-3-15(23-2)8-17(16)24-18(12)19(22)20-9-14(10-21)7-13-5-6-25-11-13/h3-6,8,11,14,21H,7,9-10H2,1-2H3,(H,20,22)/t14-/m1/s1. The van der Waals surface area contributed by atoms with Crippen LogP contribution in [-0.4, -0.2) is 31.3 Å². The van der Waals surface area contributed by atoms with Gasteiger partial charge in [-0.1, -0.05) is 0 Å². The van der Waals surface area contributed by atoms with Gasteiger partial charge in [-0.15, -0.1) is 0 Å². The van der Waals surface area contributed by atoms with Crippen LogP contribution in [0.2, 0.25) is 0 Å². The normalized spacial score (nSPS) is 12.3. The van der Waals surface area contributed by atoms with Gasteiger partial charge < -0.3 is 19.6 Å². The molecule has 3 aromatic rings. The Labute approximate surface area is 150 Å². The van der Waals surface area contributed by atoms with Crippen molar-refractivity contribution < 1.29 is 19.1 Å². The summed E-state index contributed by atoms with van der Waals surface area (Å²) in [5.41, 5.74) is 2.60. The zero-order chi connectivity index (χ0) is 17.8. The van der Waals surface area contributed by atoms with E-state index in [0.29, 0.717) is 23.6 Å². The third-order valence-electron chi connectivity index (χ3n) is 4.27. The fourth-order valence-corrected chi connectivity index (χ4v) is 3.49. The van der Waals surface area contributed by atoms with Gasteiger partial charge in [0, 0.05) is 36.1 Å². The monoisotopic (exact) mass is 359 g/mol. The molecule has 1 amide bonds. The van der Waals surface area contributed by atoms with Crippen molar-refractivity contribution in [2.24, 2.45) is 5.92 Å². The second kappa shape index (κ2) is 7.72. The molecule has 132 valence electrons. The van der Waals surface area contributed by atoms with Gasteiger partial charge in [-0.2, -0.15) is 11.3 Å². The molecule has 0 spiro atoms. The van der Waals surface area contributed by atoms with Crippen LogP contribution in [0.3, 0.4) is 0 Å². The van der Waals surface area contributed by atoms with E-state index in [0.717, 1.165) is 17.4 Å². The fraction of sp³-hybridized carbons (Fsp3) is 0.316. The van der Waals surface area contributed by atoms with Crippen LogP contribution >= 0.6 is 11.3 Å². The number of thiophene rings is 1. The lowest BCUT2D eigenvalue weighted by molar-refractivity contribution is 0.0913. The Kier molecular flexibility index (Phi) is 5.40. The van der Waals surface area contributed by atoms with Crippen molar-refractivity contribution in [2.45, 2.75) is 13.3 Å². The zero-order valence-corrected chi connectivity index (χ0v) is 15.1. The number of furan rings is 1. The van der Waals surface area contributed by atoms with E-state index in [9.17, 15) is 9.90 Å². The molecule has 0 saturated heterocycles. The Balaban J connectivity index is 1.70. The van der Waals surface area contributed by atoms with E-state index in [1.54, 1.807) is 24.5 Å². The highest BCUT2D eigenvalue weighted by molar-refractivity contribution is 7.07. The topological polar surface area (TPSA) is 71.7 Å². The second-order valence-corrected chi connectivity index (χ2v) is 6.79. The van der Waals surface area contributed by atoms with Crippen molar-refractivity contribution in [1.82, 2.24) is 5.32 Å². The number of rotatable bonds is 7. The molecule has 0 unspecified atom stereocenters. The molecular weight excluding hydrogens is 338 g/mol. The van der Waals surface area contributed by atoms with Gasteiger partial charge in [0.15, 0.2) is 5.76 Å². The second-order valence-electron chi connectivity index (χ2n) is 6.01. The molecule has 5 nitrogen and oxygen atoms in total. The minimum atomic E-state index is -0.267. The van der Waals surface area contributed by atoms with Crippen LogP contribution in [0.25, 0.3) is 11.0 Å². The van der Waals surface area contributed by atoms with Crippen LogP contribution in [0.15, 0.2) is 39.4 Å². The van der Waals surface area contributed by atoms with E-state index in [1.807, 2.05) is 30.5 Å². The Hall–Kier alpha value is -2.31. The van der Waals surface area contributed by atoms with Crippen molar-refractivity contribution >= 4 is 28.2 Å². The first kappa shape index (κ1) is 17.5. The third-order valence-corrected chi connectivity index (χ3v) is 5.00. The highest BCUT2D eigenvalue weighted by Crippen LogP contribution is 2.28. The van der Waals surface area contributed by atoms with Crippen molar-refractivity contribution in [3.8, 4) is 5.75 Å². The molecule has 6 heteroatoms. The number of carbonyl (C=O) groups excluding carboxylic acids is 1. The maximum atomic E-state index is 12.5. The van der Waals surface area contributed by atoms with Gasteiger partial charge in [-0.3, -0.25) is 4.79 Å². The predicted octanol–water partition coefficient (Wildman–Crippen LogP) is 3.39. The molecule has 0 aliphatic heterocycles. The van der Waals surface area contributed by atoms with Crippen LogP contribution in [0.4, 0.5) is 0 Å². The molecule has 2 aromatic heterocycles. The van der Waals surface area contributed by atoms with Crippen molar-refractivity contribution in [3.05, 3.63) is 51.9 Å². The molecule has 1 atom stereocenters. The molecule has 2 N–H and O–H groups in total. The molecule has 0 fully saturated rings. The van der Waals surface area contributed by atoms with E-state index in [-0.39, 0.29) is 18.4 Å². The van der Waals surface area contributed by atoms with Gasteiger partial charge in [0.1, 0.15) is 11.3 Å². The summed E-state index contributed by atoms with van der Waals surface area (Å²) in [6.07, 6.45) is 0.733. The number of nitrogens with one attached hydrogen (secondary N) is 1. The Bertz CT molecular complexity index is 854. The Morgan fingerprint density at radius 1 is 1.40 bits per heavy atom. The van der Waals surface area contributed by atoms with E-state index in [4.69, 9.17) is 9.15 Å². The first-order valence-corrected chi connectivity index (χ1v) is 9.04. The maximum Gasteiger partial charge on any atom is 0.287 e. The van der Waals surface area contributed by atoms with E-state index >= 15 is 0 Å². The molecule has 25 heavy (non-hydrogen) atoms.